The van der Waals surface area contributed by atoms with Crippen molar-refractivity contribution in [3.63, 3.8) is 0 Å². The molecule has 5 N–H and O–H groups in total. The lowest BCUT2D eigenvalue weighted by molar-refractivity contribution is 0.271. The lowest BCUT2D eigenvalue weighted by Gasteiger charge is -2.26. The molecule has 3 rings (SSSR count). The van der Waals surface area contributed by atoms with E-state index in [9.17, 15) is 5.11 Å². The molecule has 1 aromatic carbocycles. The number of benzene rings is 1. The molecule has 0 aliphatic carbocycles. The van der Waals surface area contributed by atoms with E-state index in [4.69, 9.17) is 10.7 Å². The predicted molar refractivity (Wildman–Crippen MR) is 122 cm³/mol. The highest BCUT2D eigenvalue weighted by molar-refractivity contribution is 5.75. The van der Waals surface area contributed by atoms with Crippen molar-refractivity contribution in [2.24, 2.45) is 0 Å². The summed E-state index contributed by atoms with van der Waals surface area (Å²) in [6.45, 7) is 11.0. The summed E-state index contributed by atoms with van der Waals surface area (Å²) < 4.78 is 2.13. The Kier molecular flexibility index (Phi) is 6.77. The summed E-state index contributed by atoms with van der Waals surface area (Å²) in [5.41, 5.74) is 10.5. The zero-order chi connectivity index (χ0) is 21.8. The molecular formula is C22H33N7O. The zero-order valence-corrected chi connectivity index (χ0v) is 18.5. The van der Waals surface area contributed by atoms with Gasteiger partial charge in [0.15, 0.2) is 11.5 Å². The van der Waals surface area contributed by atoms with Crippen LogP contribution in [0.1, 0.15) is 64.3 Å². The number of rotatable bonds is 9. The summed E-state index contributed by atoms with van der Waals surface area (Å²) in [6, 6.07) is 7.81. The first-order valence-corrected chi connectivity index (χ1v) is 10.6. The van der Waals surface area contributed by atoms with Crippen LogP contribution < -0.4 is 16.4 Å². The Balaban J connectivity index is 2.11. The molecule has 0 bridgehead atoms. The number of nitrogens with one attached hydrogen (secondary N) is 2. The van der Waals surface area contributed by atoms with E-state index in [1.165, 1.54) is 0 Å². The van der Waals surface area contributed by atoms with Gasteiger partial charge in [-0.15, -0.1) is 5.10 Å². The van der Waals surface area contributed by atoms with Gasteiger partial charge in [0.1, 0.15) is 0 Å². The number of aliphatic hydroxyl groups excluding tert-OH is 1. The number of aliphatic hydroxyl groups is 1. The number of hydrogen-bond acceptors (Lipinski definition) is 7. The highest BCUT2D eigenvalue weighted by Gasteiger charge is 2.28. The summed E-state index contributed by atoms with van der Waals surface area (Å²) in [5, 5.41) is 25.5. The molecule has 0 fully saturated rings. The third-order valence-electron chi connectivity index (χ3n) is 5.25. The molecule has 162 valence electrons. The number of anilines is 3. The van der Waals surface area contributed by atoms with Gasteiger partial charge in [0.25, 0.3) is 0 Å². The summed E-state index contributed by atoms with van der Waals surface area (Å²) in [5.74, 6) is 1.56. The van der Waals surface area contributed by atoms with Gasteiger partial charge in [-0.25, -0.2) is 0 Å². The van der Waals surface area contributed by atoms with E-state index in [1.54, 1.807) is 0 Å². The van der Waals surface area contributed by atoms with Crippen molar-refractivity contribution in [2.75, 3.05) is 23.0 Å². The molecule has 2 heterocycles. The second-order valence-electron chi connectivity index (χ2n) is 8.17. The van der Waals surface area contributed by atoms with Gasteiger partial charge in [-0.2, -0.15) is 10.1 Å². The highest BCUT2D eigenvalue weighted by Crippen LogP contribution is 2.37. The van der Waals surface area contributed by atoms with Crippen LogP contribution in [-0.2, 0) is 6.54 Å². The molecule has 0 aromatic heterocycles. The van der Waals surface area contributed by atoms with Gasteiger partial charge in [0.05, 0.1) is 24.0 Å². The minimum atomic E-state index is -0.0871. The van der Waals surface area contributed by atoms with Crippen LogP contribution in [0.3, 0.4) is 0 Å². The Morgan fingerprint density at radius 3 is 2.47 bits per heavy atom. The number of hydrogen-bond donors (Lipinski definition) is 4. The highest BCUT2D eigenvalue weighted by atomic mass is 16.3. The van der Waals surface area contributed by atoms with Crippen molar-refractivity contribution < 1.29 is 5.11 Å². The van der Waals surface area contributed by atoms with Crippen molar-refractivity contribution in [1.82, 2.24) is 19.7 Å². The first-order valence-electron chi connectivity index (χ1n) is 10.6. The van der Waals surface area contributed by atoms with Gasteiger partial charge in [-0.05, 0) is 37.8 Å². The van der Waals surface area contributed by atoms with Crippen LogP contribution in [0.25, 0.3) is 11.4 Å². The number of nitrogens with zero attached hydrogens (tertiary/aromatic N) is 4. The molecule has 8 heteroatoms. The fourth-order valence-electron chi connectivity index (χ4n) is 3.49. The van der Waals surface area contributed by atoms with Gasteiger partial charge < -0.3 is 26.0 Å². The van der Waals surface area contributed by atoms with Gasteiger partial charge >= 0.3 is 0 Å². The normalized spacial score (nSPS) is 12.7. The van der Waals surface area contributed by atoms with Crippen LogP contribution in [0.4, 0.5) is 17.5 Å². The maximum absolute atomic E-state index is 9.73. The Morgan fingerprint density at radius 2 is 1.87 bits per heavy atom. The number of aromatic nitrogens is 4. The Hall–Kier alpha value is -2.87. The monoisotopic (exact) mass is 411 g/mol. The first-order chi connectivity index (χ1) is 14.4. The number of nitrogen functional groups attached to an aromatic ring is 1. The number of fused-ring (bicyclic) bond motifs is 1. The SMILES string of the molecule is CCC(CO)Nc1nc(NCc2ccccc2N)c2nnc(C(C)C)c-2n1C(C)C. The lowest BCUT2D eigenvalue weighted by atomic mass is 10.1. The largest absolute Gasteiger partial charge is 0.398 e. The second-order valence-corrected chi connectivity index (χ2v) is 8.17. The average Bonchev–Trinajstić information content (AvgIpc) is 3.16. The molecule has 0 radical (unpaired) electrons. The van der Waals surface area contributed by atoms with Gasteiger partial charge in [0.2, 0.25) is 5.95 Å². The standard InChI is InChI=1S/C22H33N7O/c1-6-16(12-30)25-22-26-21(24-11-15-9-7-8-10-17(15)23)19-20(29(22)14(4)5)18(13(2)3)27-28-19/h7-10,13-14,16,24,30H,6,11-12,23H2,1-5H3,(H,25,26). The molecule has 2 aliphatic heterocycles. The maximum atomic E-state index is 9.73. The molecular weight excluding hydrogens is 378 g/mol. The zero-order valence-electron chi connectivity index (χ0n) is 18.5. The van der Waals surface area contributed by atoms with E-state index in [1.807, 2.05) is 31.2 Å². The van der Waals surface area contributed by atoms with Crippen LogP contribution >= 0.6 is 0 Å². The van der Waals surface area contributed by atoms with E-state index in [2.05, 4.69) is 53.1 Å². The van der Waals surface area contributed by atoms with E-state index in [-0.39, 0.29) is 24.6 Å². The van der Waals surface area contributed by atoms with Crippen molar-refractivity contribution in [3.8, 4) is 11.4 Å². The van der Waals surface area contributed by atoms with Crippen LogP contribution in [0, 0.1) is 0 Å². The molecule has 0 saturated carbocycles. The average molecular weight is 412 g/mol. The minimum Gasteiger partial charge on any atom is -0.398 e. The molecule has 1 aromatic rings. The van der Waals surface area contributed by atoms with E-state index < -0.39 is 0 Å². The molecule has 0 saturated heterocycles. The fraction of sp³-hybridized carbons (Fsp3) is 0.500. The van der Waals surface area contributed by atoms with Crippen LogP contribution in [0.2, 0.25) is 0 Å². The molecule has 0 amide bonds. The van der Waals surface area contributed by atoms with Crippen LogP contribution in [0.15, 0.2) is 24.3 Å². The number of para-hydroxylation sites is 1. The van der Waals surface area contributed by atoms with E-state index in [0.29, 0.717) is 18.3 Å². The van der Waals surface area contributed by atoms with Crippen molar-refractivity contribution in [1.29, 1.82) is 0 Å². The molecule has 1 atom stereocenters. The molecule has 8 nitrogen and oxygen atoms in total. The first kappa shape index (κ1) is 21.8. The van der Waals surface area contributed by atoms with Crippen molar-refractivity contribution in [3.05, 3.63) is 35.5 Å². The van der Waals surface area contributed by atoms with Crippen LogP contribution in [-0.4, -0.2) is 37.5 Å². The summed E-state index contributed by atoms with van der Waals surface area (Å²) >= 11 is 0. The fourth-order valence-corrected chi connectivity index (χ4v) is 3.49. The van der Waals surface area contributed by atoms with Crippen molar-refractivity contribution >= 4 is 17.5 Å². The third-order valence-corrected chi connectivity index (χ3v) is 5.25. The topological polar surface area (TPSA) is 114 Å². The molecule has 0 spiro atoms. The van der Waals surface area contributed by atoms with E-state index >= 15 is 0 Å². The van der Waals surface area contributed by atoms with E-state index in [0.717, 1.165) is 34.8 Å². The molecule has 1 unspecified atom stereocenters. The Labute approximate surface area is 178 Å². The second kappa shape index (κ2) is 9.30. The van der Waals surface area contributed by atoms with Gasteiger partial charge in [-0.1, -0.05) is 39.0 Å². The quantitative estimate of drug-likeness (QED) is 0.395. The molecule has 2 aliphatic rings. The summed E-state index contributed by atoms with van der Waals surface area (Å²) in [4.78, 5) is 4.86. The Morgan fingerprint density at radius 1 is 1.13 bits per heavy atom. The summed E-state index contributed by atoms with van der Waals surface area (Å²) in [6.07, 6.45) is 0.784. The third kappa shape index (κ3) is 4.33. The smallest absolute Gasteiger partial charge is 0.205 e. The molecule has 30 heavy (non-hydrogen) atoms. The van der Waals surface area contributed by atoms with Gasteiger partial charge in [0, 0.05) is 18.3 Å². The van der Waals surface area contributed by atoms with Gasteiger partial charge in [-0.3, -0.25) is 0 Å². The van der Waals surface area contributed by atoms with Crippen molar-refractivity contribution in [2.45, 2.75) is 65.6 Å². The minimum absolute atomic E-state index is 0.0339. The lowest BCUT2D eigenvalue weighted by Crippen LogP contribution is -2.27. The Bertz CT molecular complexity index is 947. The maximum Gasteiger partial charge on any atom is 0.205 e. The number of nitrogens with two attached hydrogens (primary N) is 1. The van der Waals surface area contributed by atoms with Crippen LogP contribution in [0.5, 0.6) is 0 Å². The summed E-state index contributed by atoms with van der Waals surface area (Å²) in [7, 11) is 0. The predicted octanol–water partition coefficient (Wildman–Crippen LogP) is 3.86.